The van der Waals surface area contributed by atoms with Crippen molar-refractivity contribution in [1.29, 1.82) is 0 Å². The van der Waals surface area contributed by atoms with Crippen LogP contribution in [0.4, 0.5) is 11.4 Å². The Morgan fingerprint density at radius 3 is 2.73 bits per heavy atom. The van der Waals surface area contributed by atoms with Crippen LogP contribution in [0, 0.1) is 0 Å². The van der Waals surface area contributed by atoms with Gasteiger partial charge in [0, 0.05) is 41.6 Å². The number of hydrogen-bond acceptors (Lipinski definition) is 3. The largest absolute Gasteiger partial charge is 0.508 e. The standard InChI is InChI=1S/C23H26N2O/c1-4-6-7-11-21-17(3)20-15-19(13-14-22(20)25(21)5-2)24-16-18-10-8-9-12-23(18)26/h4,6-15,17,24,26H,1,5,16H2,2-3H3/b7-6-,21-11+. The van der Waals surface area contributed by atoms with Gasteiger partial charge in [-0.1, -0.05) is 49.9 Å². The van der Waals surface area contributed by atoms with Crippen molar-refractivity contribution in [2.45, 2.75) is 26.3 Å². The van der Waals surface area contributed by atoms with E-state index in [2.05, 4.69) is 54.9 Å². The molecule has 1 heterocycles. The number of nitrogens with one attached hydrogen (secondary N) is 1. The number of aromatic hydroxyl groups is 1. The van der Waals surface area contributed by atoms with Crippen molar-refractivity contribution in [2.24, 2.45) is 0 Å². The molecule has 0 saturated carbocycles. The number of rotatable bonds is 6. The van der Waals surface area contributed by atoms with Crippen LogP contribution in [0.15, 0.2) is 79.0 Å². The highest BCUT2D eigenvalue weighted by Gasteiger charge is 2.29. The van der Waals surface area contributed by atoms with Crippen LogP contribution in [-0.4, -0.2) is 11.7 Å². The number of likely N-dealkylation sites (N-methyl/N-ethyl adjacent to an activating group) is 1. The normalized spacial score (nSPS) is 17.7. The minimum atomic E-state index is 0.325. The minimum absolute atomic E-state index is 0.325. The van der Waals surface area contributed by atoms with E-state index in [0.29, 0.717) is 18.2 Å². The van der Waals surface area contributed by atoms with E-state index in [1.54, 1.807) is 12.1 Å². The van der Waals surface area contributed by atoms with Crippen molar-refractivity contribution in [3.63, 3.8) is 0 Å². The molecule has 3 heteroatoms. The van der Waals surface area contributed by atoms with Gasteiger partial charge in [-0.15, -0.1) is 0 Å². The molecule has 1 unspecified atom stereocenters. The fraction of sp³-hybridized carbons (Fsp3) is 0.217. The fourth-order valence-corrected chi connectivity index (χ4v) is 3.47. The van der Waals surface area contributed by atoms with Gasteiger partial charge in [0.15, 0.2) is 0 Å². The summed E-state index contributed by atoms with van der Waals surface area (Å²) in [4.78, 5) is 2.36. The number of anilines is 2. The Balaban J connectivity index is 1.83. The maximum Gasteiger partial charge on any atom is 0.120 e. The second-order valence-corrected chi connectivity index (χ2v) is 6.43. The van der Waals surface area contributed by atoms with Crippen LogP contribution in [0.25, 0.3) is 0 Å². The predicted octanol–water partition coefficient (Wildman–Crippen LogP) is 5.57. The minimum Gasteiger partial charge on any atom is -0.508 e. The van der Waals surface area contributed by atoms with Crippen molar-refractivity contribution in [3.8, 4) is 5.75 Å². The Bertz CT molecular complexity index is 851. The van der Waals surface area contributed by atoms with Gasteiger partial charge in [0.1, 0.15) is 5.75 Å². The highest BCUT2D eigenvalue weighted by Crippen LogP contribution is 2.44. The molecule has 0 amide bonds. The van der Waals surface area contributed by atoms with E-state index in [9.17, 15) is 5.11 Å². The molecule has 0 spiro atoms. The number of phenols is 1. The topological polar surface area (TPSA) is 35.5 Å². The first-order valence-corrected chi connectivity index (χ1v) is 9.07. The number of nitrogens with zero attached hydrogens (tertiary/aromatic N) is 1. The second kappa shape index (κ2) is 7.96. The lowest BCUT2D eigenvalue weighted by Gasteiger charge is -2.20. The van der Waals surface area contributed by atoms with E-state index >= 15 is 0 Å². The Hall–Kier alpha value is -2.94. The maximum atomic E-state index is 9.92. The first-order chi connectivity index (χ1) is 12.7. The van der Waals surface area contributed by atoms with E-state index in [4.69, 9.17) is 0 Å². The van der Waals surface area contributed by atoms with Gasteiger partial charge in [-0.05, 0) is 42.8 Å². The molecule has 0 aliphatic carbocycles. The highest BCUT2D eigenvalue weighted by molar-refractivity contribution is 5.71. The molecule has 0 aromatic heterocycles. The van der Waals surface area contributed by atoms with Gasteiger partial charge in [0.2, 0.25) is 0 Å². The van der Waals surface area contributed by atoms with Crippen LogP contribution in [0.1, 0.15) is 30.9 Å². The molecular weight excluding hydrogens is 320 g/mol. The van der Waals surface area contributed by atoms with Crippen LogP contribution in [0.5, 0.6) is 5.75 Å². The zero-order chi connectivity index (χ0) is 18.5. The van der Waals surface area contributed by atoms with E-state index in [1.807, 2.05) is 30.4 Å². The van der Waals surface area contributed by atoms with Crippen LogP contribution in [0.2, 0.25) is 0 Å². The van der Waals surface area contributed by atoms with Gasteiger partial charge in [0.25, 0.3) is 0 Å². The lowest BCUT2D eigenvalue weighted by atomic mass is 10.00. The molecule has 2 aromatic carbocycles. The third-order valence-electron chi connectivity index (χ3n) is 4.85. The molecule has 1 aliphatic heterocycles. The highest BCUT2D eigenvalue weighted by atomic mass is 16.3. The van der Waals surface area contributed by atoms with Gasteiger partial charge in [0.05, 0.1) is 0 Å². The molecule has 0 fully saturated rings. The zero-order valence-corrected chi connectivity index (χ0v) is 15.4. The third-order valence-corrected chi connectivity index (χ3v) is 4.85. The molecule has 3 rings (SSSR count). The van der Waals surface area contributed by atoms with E-state index < -0.39 is 0 Å². The summed E-state index contributed by atoms with van der Waals surface area (Å²) in [6.45, 7) is 9.69. The molecule has 26 heavy (non-hydrogen) atoms. The third kappa shape index (κ3) is 3.52. The molecule has 1 aliphatic rings. The summed E-state index contributed by atoms with van der Waals surface area (Å²) in [5.41, 5.74) is 5.86. The molecule has 0 bridgehead atoms. The molecule has 0 radical (unpaired) electrons. The van der Waals surface area contributed by atoms with Crippen LogP contribution < -0.4 is 10.2 Å². The Morgan fingerprint density at radius 1 is 1.19 bits per heavy atom. The monoisotopic (exact) mass is 346 g/mol. The zero-order valence-electron chi connectivity index (χ0n) is 15.4. The van der Waals surface area contributed by atoms with Crippen molar-refractivity contribution in [3.05, 3.63) is 90.2 Å². The summed E-state index contributed by atoms with van der Waals surface area (Å²) in [6, 6.07) is 13.9. The SMILES string of the molecule is C=C/C=C\C=C1/C(C)c2cc(NCc3ccccc3O)ccc2N1CC. The maximum absolute atomic E-state index is 9.92. The van der Waals surface area contributed by atoms with E-state index in [-0.39, 0.29) is 0 Å². The molecule has 2 aromatic rings. The second-order valence-electron chi connectivity index (χ2n) is 6.43. The van der Waals surface area contributed by atoms with Crippen molar-refractivity contribution >= 4 is 11.4 Å². The molecule has 134 valence electrons. The van der Waals surface area contributed by atoms with Crippen molar-refractivity contribution < 1.29 is 5.11 Å². The average molecular weight is 346 g/mol. The summed E-state index contributed by atoms with van der Waals surface area (Å²) in [6.07, 6.45) is 7.96. The molecule has 2 N–H and O–H groups in total. The van der Waals surface area contributed by atoms with E-state index in [1.165, 1.54) is 16.9 Å². The predicted molar refractivity (Wildman–Crippen MR) is 111 cm³/mol. The lowest BCUT2D eigenvalue weighted by molar-refractivity contribution is 0.469. The summed E-state index contributed by atoms with van der Waals surface area (Å²) in [7, 11) is 0. The Labute approximate surface area is 156 Å². The smallest absolute Gasteiger partial charge is 0.120 e. The number of fused-ring (bicyclic) bond motifs is 1. The molecule has 3 nitrogen and oxygen atoms in total. The molecular formula is C23H26N2O. The summed E-state index contributed by atoms with van der Waals surface area (Å²) >= 11 is 0. The first kappa shape index (κ1) is 17.9. The number of allylic oxidation sites excluding steroid dienone is 5. The van der Waals surface area contributed by atoms with Gasteiger partial charge in [-0.3, -0.25) is 0 Å². The lowest BCUT2D eigenvalue weighted by Crippen LogP contribution is -2.18. The van der Waals surface area contributed by atoms with E-state index in [0.717, 1.165) is 17.8 Å². The quantitative estimate of drug-likeness (QED) is 0.671. The fourth-order valence-electron chi connectivity index (χ4n) is 3.47. The summed E-state index contributed by atoms with van der Waals surface area (Å²) < 4.78 is 0. The number of phenolic OH excluding ortho intramolecular Hbond substituents is 1. The molecule has 1 atom stereocenters. The first-order valence-electron chi connectivity index (χ1n) is 9.07. The van der Waals surface area contributed by atoms with Gasteiger partial charge in [-0.2, -0.15) is 0 Å². The van der Waals surface area contributed by atoms with Crippen LogP contribution >= 0.6 is 0 Å². The van der Waals surface area contributed by atoms with Gasteiger partial charge >= 0.3 is 0 Å². The number of benzene rings is 2. The number of hydrogen-bond donors (Lipinski definition) is 2. The van der Waals surface area contributed by atoms with Crippen molar-refractivity contribution in [2.75, 3.05) is 16.8 Å². The molecule has 0 saturated heterocycles. The van der Waals surface area contributed by atoms with Gasteiger partial charge in [-0.25, -0.2) is 0 Å². The van der Waals surface area contributed by atoms with Crippen LogP contribution in [-0.2, 0) is 6.54 Å². The summed E-state index contributed by atoms with van der Waals surface area (Å²) in [5, 5.41) is 13.3. The Kier molecular flexibility index (Phi) is 5.47. The average Bonchev–Trinajstić information content (AvgIpc) is 2.92. The van der Waals surface area contributed by atoms with Gasteiger partial charge < -0.3 is 15.3 Å². The number of para-hydroxylation sites is 1. The Morgan fingerprint density at radius 2 is 2.00 bits per heavy atom. The summed E-state index contributed by atoms with van der Waals surface area (Å²) in [5.74, 6) is 0.664. The van der Waals surface area contributed by atoms with Crippen molar-refractivity contribution in [1.82, 2.24) is 0 Å². The van der Waals surface area contributed by atoms with Crippen LogP contribution in [0.3, 0.4) is 0 Å².